The molecule has 0 aliphatic rings. The smallest absolute Gasteiger partial charge is 0.242 e. The second-order valence-electron chi connectivity index (χ2n) is 5.09. The van der Waals surface area contributed by atoms with Crippen LogP contribution in [0.2, 0.25) is 0 Å². The van der Waals surface area contributed by atoms with E-state index in [4.69, 9.17) is 10.5 Å². The maximum Gasteiger partial charge on any atom is 0.242 e. The molecular formula is C14H20N4OS. The molecule has 0 atom stereocenters. The molecule has 2 heterocycles. The van der Waals surface area contributed by atoms with E-state index in [0.717, 1.165) is 6.54 Å². The largest absolute Gasteiger partial charge is 0.476 e. The number of nitrogens with one attached hydrogen (secondary N) is 1. The molecular weight excluding hydrogens is 272 g/mol. The molecule has 2 rings (SSSR count). The maximum atomic E-state index is 6.01. The van der Waals surface area contributed by atoms with Crippen LogP contribution in [0.4, 0.5) is 11.5 Å². The van der Waals surface area contributed by atoms with Crippen LogP contribution in [0.15, 0.2) is 23.8 Å². The molecule has 0 aromatic carbocycles. The molecule has 0 saturated heterocycles. The van der Waals surface area contributed by atoms with Crippen molar-refractivity contribution in [1.82, 2.24) is 9.97 Å². The summed E-state index contributed by atoms with van der Waals surface area (Å²) < 4.78 is 5.37. The van der Waals surface area contributed by atoms with E-state index in [2.05, 4.69) is 46.6 Å². The molecule has 0 saturated carbocycles. The van der Waals surface area contributed by atoms with Crippen LogP contribution in [0.25, 0.3) is 0 Å². The molecule has 2 aromatic heterocycles. The van der Waals surface area contributed by atoms with Crippen molar-refractivity contribution in [2.24, 2.45) is 0 Å². The molecule has 5 nitrogen and oxygen atoms in total. The van der Waals surface area contributed by atoms with Crippen molar-refractivity contribution >= 4 is 22.8 Å². The van der Waals surface area contributed by atoms with E-state index < -0.39 is 0 Å². The van der Waals surface area contributed by atoms with Gasteiger partial charge in [0.2, 0.25) is 5.88 Å². The third kappa shape index (κ3) is 3.19. The molecule has 0 fully saturated rings. The monoisotopic (exact) mass is 292 g/mol. The van der Waals surface area contributed by atoms with Crippen LogP contribution in [0.3, 0.4) is 0 Å². The molecule has 0 radical (unpaired) electrons. The Hall–Kier alpha value is -1.82. The van der Waals surface area contributed by atoms with E-state index in [1.165, 1.54) is 11.2 Å². The van der Waals surface area contributed by atoms with Gasteiger partial charge in [-0.2, -0.15) is 4.98 Å². The van der Waals surface area contributed by atoms with Crippen molar-refractivity contribution in [1.29, 1.82) is 0 Å². The van der Waals surface area contributed by atoms with Gasteiger partial charge in [0.1, 0.15) is 12.0 Å². The molecule has 6 heteroatoms. The molecule has 2 aromatic rings. The first-order valence-corrected chi connectivity index (χ1v) is 7.43. The van der Waals surface area contributed by atoms with Gasteiger partial charge in [0, 0.05) is 16.8 Å². The number of thiophene rings is 1. The number of nitrogen functional groups attached to an aromatic ring is 1. The number of nitrogens with zero attached hydrogens (tertiary/aromatic N) is 2. The summed E-state index contributed by atoms with van der Waals surface area (Å²) in [5.41, 5.74) is 6.47. The Balaban J connectivity index is 2.09. The third-order valence-corrected chi connectivity index (χ3v) is 4.25. The summed E-state index contributed by atoms with van der Waals surface area (Å²) in [6.07, 6.45) is 1.46. The van der Waals surface area contributed by atoms with Gasteiger partial charge in [0.05, 0.1) is 6.61 Å². The Kier molecular flexibility index (Phi) is 4.44. The third-order valence-electron chi connectivity index (χ3n) is 3.01. The summed E-state index contributed by atoms with van der Waals surface area (Å²) >= 11 is 1.75. The molecule has 20 heavy (non-hydrogen) atoms. The Labute approximate surface area is 123 Å². The lowest BCUT2D eigenvalue weighted by atomic mass is 9.91. The summed E-state index contributed by atoms with van der Waals surface area (Å²) in [6, 6.07) is 4.20. The van der Waals surface area contributed by atoms with Crippen LogP contribution in [-0.2, 0) is 5.41 Å². The van der Waals surface area contributed by atoms with Crippen LogP contribution in [0, 0.1) is 0 Å². The SMILES string of the molecule is CCOc1ncnc(NCC(C)(C)c2cccs2)c1N. The first-order chi connectivity index (χ1) is 9.54. The van der Waals surface area contributed by atoms with Crippen molar-refractivity contribution in [3.8, 4) is 5.88 Å². The number of anilines is 2. The van der Waals surface area contributed by atoms with E-state index in [-0.39, 0.29) is 5.41 Å². The number of ether oxygens (including phenoxy) is 1. The molecule has 0 spiro atoms. The minimum atomic E-state index is 0.0112. The van der Waals surface area contributed by atoms with Gasteiger partial charge in [-0.25, -0.2) is 4.98 Å². The standard InChI is InChI=1S/C14H20N4OS/c1-4-19-13-11(15)12(17-9-18-13)16-8-14(2,3)10-6-5-7-20-10/h5-7,9H,4,8,15H2,1-3H3,(H,16,17,18). The number of aromatic nitrogens is 2. The fourth-order valence-electron chi connectivity index (χ4n) is 1.83. The number of hydrogen-bond donors (Lipinski definition) is 2. The van der Waals surface area contributed by atoms with Crippen LogP contribution < -0.4 is 15.8 Å². The van der Waals surface area contributed by atoms with Gasteiger partial charge in [-0.3, -0.25) is 0 Å². The topological polar surface area (TPSA) is 73.1 Å². The molecule has 0 aliphatic carbocycles. The van der Waals surface area contributed by atoms with Crippen LogP contribution >= 0.6 is 11.3 Å². The van der Waals surface area contributed by atoms with Crippen molar-refractivity contribution in [3.63, 3.8) is 0 Å². The van der Waals surface area contributed by atoms with Crippen LogP contribution in [-0.4, -0.2) is 23.1 Å². The van der Waals surface area contributed by atoms with E-state index in [0.29, 0.717) is 24.0 Å². The molecule has 108 valence electrons. The predicted molar refractivity (Wildman–Crippen MR) is 83.4 cm³/mol. The summed E-state index contributed by atoms with van der Waals surface area (Å²) in [4.78, 5) is 9.53. The van der Waals surface area contributed by atoms with Gasteiger partial charge in [-0.15, -0.1) is 11.3 Å². The van der Waals surface area contributed by atoms with E-state index in [1.807, 2.05) is 6.92 Å². The highest BCUT2D eigenvalue weighted by molar-refractivity contribution is 7.10. The van der Waals surface area contributed by atoms with Gasteiger partial charge in [0.15, 0.2) is 5.82 Å². The second-order valence-corrected chi connectivity index (χ2v) is 6.04. The molecule has 0 amide bonds. The fraction of sp³-hybridized carbons (Fsp3) is 0.429. The van der Waals surface area contributed by atoms with Gasteiger partial charge < -0.3 is 15.8 Å². The number of rotatable bonds is 6. The Morgan fingerprint density at radius 1 is 1.40 bits per heavy atom. The highest BCUT2D eigenvalue weighted by atomic mass is 32.1. The lowest BCUT2D eigenvalue weighted by Gasteiger charge is -2.24. The highest BCUT2D eigenvalue weighted by Crippen LogP contribution is 2.30. The molecule has 0 aliphatic heterocycles. The zero-order valence-corrected chi connectivity index (χ0v) is 12.8. The van der Waals surface area contributed by atoms with Crippen molar-refractivity contribution in [2.75, 3.05) is 24.2 Å². The molecule has 0 unspecified atom stereocenters. The second kappa shape index (κ2) is 6.09. The fourth-order valence-corrected chi connectivity index (χ4v) is 2.68. The average Bonchev–Trinajstić information content (AvgIpc) is 2.95. The first-order valence-electron chi connectivity index (χ1n) is 6.55. The van der Waals surface area contributed by atoms with Gasteiger partial charge >= 0.3 is 0 Å². The van der Waals surface area contributed by atoms with E-state index >= 15 is 0 Å². The van der Waals surface area contributed by atoms with Crippen LogP contribution in [0.1, 0.15) is 25.6 Å². The van der Waals surface area contributed by atoms with E-state index in [1.54, 1.807) is 11.3 Å². The Bertz CT molecular complexity index is 554. The first kappa shape index (κ1) is 14.6. The van der Waals surface area contributed by atoms with Crippen molar-refractivity contribution in [3.05, 3.63) is 28.7 Å². The predicted octanol–water partition coefficient (Wildman–Crippen LogP) is 2.91. The summed E-state index contributed by atoms with van der Waals surface area (Å²) in [5, 5.41) is 5.38. The van der Waals surface area contributed by atoms with Gasteiger partial charge in [-0.1, -0.05) is 19.9 Å². The maximum absolute atomic E-state index is 6.01. The van der Waals surface area contributed by atoms with Gasteiger partial charge in [0.25, 0.3) is 0 Å². The minimum absolute atomic E-state index is 0.0112. The molecule has 3 N–H and O–H groups in total. The van der Waals surface area contributed by atoms with E-state index in [9.17, 15) is 0 Å². The number of hydrogen-bond acceptors (Lipinski definition) is 6. The summed E-state index contributed by atoms with van der Waals surface area (Å²) in [5.74, 6) is 1.05. The molecule has 0 bridgehead atoms. The highest BCUT2D eigenvalue weighted by Gasteiger charge is 2.22. The zero-order chi connectivity index (χ0) is 14.6. The lowest BCUT2D eigenvalue weighted by Crippen LogP contribution is -2.27. The average molecular weight is 292 g/mol. The summed E-state index contributed by atoms with van der Waals surface area (Å²) in [6.45, 7) is 7.54. The number of nitrogens with two attached hydrogens (primary N) is 1. The Morgan fingerprint density at radius 3 is 2.85 bits per heavy atom. The normalized spacial score (nSPS) is 11.3. The van der Waals surface area contributed by atoms with Crippen molar-refractivity contribution in [2.45, 2.75) is 26.2 Å². The summed E-state index contributed by atoms with van der Waals surface area (Å²) in [7, 11) is 0. The lowest BCUT2D eigenvalue weighted by molar-refractivity contribution is 0.328. The van der Waals surface area contributed by atoms with Crippen molar-refractivity contribution < 1.29 is 4.74 Å². The minimum Gasteiger partial charge on any atom is -0.476 e. The zero-order valence-electron chi connectivity index (χ0n) is 12.0. The van der Waals surface area contributed by atoms with Gasteiger partial charge in [-0.05, 0) is 18.4 Å². The quantitative estimate of drug-likeness (QED) is 0.856. The van der Waals surface area contributed by atoms with Crippen LogP contribution in [0.5, 0.6) is 5.88 Å². The Morgan fingerprint density at radius 2 is 2.20 bits per heavy atom.